The van der Waals surface area contributed by atoms with Gasteiger partial charge in [0.15, 0.2) is 0 Å². The minimum atomic E-state index is -1.03. The number of amides is 2. The van der Waals surface area contributed by atoms with Gasteiger partial charge in [0.1, 0.15) is 12.1 Å². The lowest BCUT2D eigenvalue weighted by Gasteiger charge is -2.17. The second-order valence-electron chi connectivity index (χ2n) is 5.34. The van der Waals surface area contributed by atoms with Gasteiger partial charge in [0, 0.05) is 6.42 Å². The quantitative estimate of drug-likeness (QED) is 0.419. The SMILES string of the molecule is C=CCCCCCC[C@@H](NC(=O)[C@@H]1CCC(=O)N1)C(=O)O. The monoisotopic (exact) mass is 296 g/mol. The highest BCUT2D eigenvalue weighted by Gasteiger charge is 2.30. The van der Waals surface area contributed by atoms with Crippen LogP contribution in [-0.4, -0.2) is 35.0 Å². The Morgan fingerprint density at radius 2 is 2.10 bits per heavy atom. The van der Waals surface area contributed by atoms with E-state index in [1.165, 1.54) is 0 Å². The molecule has 6 nitrogen and oxygen atoms in total. The van der Waals surface area contributed by atoms with E-state index in [1.54, 1.807) is 0 Å². The first-order chi connectivity index (χ1) is 10.0. The highest BCUT2D eigenvalue weighted by molar-refractivity contribution is 5.92. The van der Waals surface area contributed by atoms with Gasteiger partial charge in [-0.15, -0.1) is 6.58 Å². The molecule has 3 N–H and O–H groups in total. The van der Waals surface area contributed by atoms with Crippen molar-refractivity contribution >= 4 is 17.8 Å². The standard InChI is InChI=1S/C15H24N2O4/c1-2-3-4-5-6-7-8-12(15(20)21)17-14(19)11-9-10-13(18)16-11/h2,11-12H,1,3-10H2,(H,16,18)(H,17,19)(H,20,21)/t11-,12+/m0/s1. The van der Waals surface area contributed by atoms with Gasteiger partial charge in [-0.25, -0.2) is 4.79 Å². The fraction of sp³-hybridized carbons (Fsp3) is 0.667. The fourth-order valence-electron chi connectivity index (χ4n) is 2.33. The molecule has 1 saturated heterocycles. The average Bonchev–Trinajstić information content (AvgIpc) is 2.87. The zero-order chi connectivity index (χ0) is 15.7. The van der Waals surface area contributed by atoms with Crippen LogP contribution in [0.5, 0.6) is 0 Å². The predicted octanol–water partition coefficient (Wildman–Crippen LogP) is 1.36. The Morgan fingerprint density at radius 3 is 2.67 bits per heavy atom. The van der Waals surface area contributed by atoms with Crippen LogP contribution in [0, 0.1) is 0 Å². The summed E-state index contributed by atoms with van der Waals surface area (Å²) in [5.74, 6) is -1.59. The summed E-state index contributed by atoms with van der Waals surface area (Å²) in [6, 6.07) is -1.47. The third-order valence-corrected chi connectivity index (χ3v) is 3.58. The summed E-state index contributed by atoms with van der Waals surface area (Å²) < 4.78 is 0. The normalized spacial score (nSPS) is 18.9. The molecule has 0 aromatic rings. The topological polar surface area (TPSA) is 95.5 Å². The maximum Gasteiger partial charge on any atom is 0.326 e. The molecule has 1 rings (SSSR count). The lowest BCUT2D eigenvalue weighted by Crippen LogP contribution is -2.48. The lowest BCUT2D eigenvalue weighted by molar-refractivity contribution is -0.142. The largest absolute Gasteiger partial charge is 0.480 e. The van der Waals surface area contributed by atoms with Gasteiger partial charge in [0.05, 0.1) is 0 Å². The van der Waals surface area contributed by atoms with Crippen LogP contribution in [0.2, 0.25) is 0 Å². The van der Waals surface area contributed by atoms with Crippen LogP contribution in [0.4, 0.5) is 0 Å². The first kappa shape index (κ1) is 17.2. The van der Waals surface area contributed by atoms with Gasteiger partial charge in [-0.1, -0.05) is 25.3 Å². The summed E-state index contributed by atoms with van der Waals surface area (Å²) in [4.78, 5) is 34.1. The molecule has 0 aliphatic carbocycles. The molecule has 21 heavy (non-hydrogen) atoms. The highest BCUT2D eigenvalue weighted by atomic mass is 16.4. The number of carbonyl (C=O) groups is 3. The van der Waals surface area contributed by atoms with Crippen LogP contribution in [0.15, 0.2) is 12.7 Å². The average molecular weight is 296 g/mol. The molecule has 1 fully saturated rings. The van der Waals surface area contributed by atoms with Crippen LogP contribution in [0.3, 0.4) is 0 Å². The first-order valence-corrected chi connectivity index (χ1v) is 7.48. The van der Waals surface area contributed by atoms with E-state index in [-0.39, 0.29) is 5.91 Å². The first-order valence-electron chi connectivity index (χ1n) is 7.48. The molecule has 0 bridgehead atoms. The molecule has 1 aliphatic rings. The molecule has 0 spiro atoms. The number of unbranched alkanes of at least 4 members (excludes halogenated alkanes) is 4. The van der Waals surface area contributed by atoms with Gasteiger partial charge in [-0.2, -0.15) is 0 Å². The van der Waals surface area contributed by atoms with Crippen LogP contribution in [-0.2, 0) is 14.4 Å². The molecule has 2 amide bonds. The number of hydrogen-bond acceptors (Lipinski definition) is 3. The summed E-state index contributed by atoms with van der Waals surface area (Å²) in [5, 5.41) is 14.2. The Bertz CT molecular complexity index is 395. The Balaban J connectivity index is 2.29. The van der Waals surface area contributed by atoms with E-state index in [1.807, 2.05) is 6.08 Å². The van der Waals surface area contributed by atoms with E-state index in [2.05, 4.69) is 17.2 Å². The maximum atomic E-state index is 11.9. The van der Waals surface area contributed by atoms with Gasteiger partial charge in [-0.05, 0) is 25.7 Å². The van der Waals surface area contributed by atoms with E-state index in [0.717, 1.165) is 32.1 Å². The number of rotatable bonds is 10. The summed E-state index contributed by atoms with van der Waals surface area (Å²) >= 11 is 0. The van der Waals surface area contributed by atoms with Crippen LogP contribution in [0.1, 0.15) is 51.4 Å². The van der Waals surface area contributed by atoms with Gasteiger partial charge >= 0.3 is 5.97 Å². The Hall–Kier alpha value is -1.85. The third kappa shape index (κ3) is 6.42. The second-order valence-corrected chi connectivity index (χ2v) is 5.34. The molecule has 0 radical (unpaired) electrons. The predicted molar refractivity (Wildman–Crippen MR) is 78.6 cm³/mol. The number of hydrogen-bond donors (Lipinski definition) is 3. The molecule has 0 aromatic heterocycles. The van der Waals surface area contributed by atoms with Crippen LogP contribution in [0.25, 0.3) is 0 Å². The van der Waals surface area contributed by atoms with E-state index in [0.29, 0.717) is 19.3 Å². The van der Waals surface area contributed by atoms with Gasteiger partial charge in [0.2, 0.25) is 11.8 Å². The Labute approximate surface area is 125 Å². The van der Waals surface area contributed by atoms with Crippen molar-refractivity contribution in [3.63, 3.8) is 0 Å². The van der Waals surface area contributed by atoms with Crippen molar-refractivity contribution < 1.29 is 19.5 Å². The fourth-order valence-corrected chi connectivity index (χ4v) is 2.33. The molecule has 0 unspecified atom stereocenters. The van der Waals surface area contributed by atoms with Crippen molar-refractivity contribution in [2.75, 3.05) is 0 Å². The molecular formula is C15H24N2O4. The second kappa shape index (κ2) is 9.15. The maximum absolute atomic E-state index is 11.9. The summed E-state index contributed by atoms with van der Waals surface area (Å²) in [6.07, 6.45) is 7.79. The molecular weight excluding hydrogens is 272 g/mol. The van der Waals surface area contributed by atoms with Crippen molar-refractivity contribution in [3.8, 4) is 0 Å². The highest BCUT2D eigenvalue weighted by Crippen LogP contribution is 2.10. The summed E-state index contributed by atoms with van der Waals surface area (Å²) in [7, 11) is 0. The number of nitrogens with one attached hydrogen (secondary N) is 2. The van der Waals surface area contributed by atoms with E-state index >= 15 is 0 Å². The van der Waals surface area contributed by atoms with Crippen LogP contribution >= 0.6 is 0 Å². The number of carbonyl (C=O) groups excluding carboxylic acids is 2. The molecule has 1 aliphatic heterocycles. The number of carboxylic acids is 1. The summed E-state index contributed by atoms with van der Waals surface area (Å²) in [5.41, 5.74) is 0. The molecule has 0 aromatic carbocycles. The Morgan fingerprint density at radius 1 is 1.38 bits per heavy atom. The van der Waals surface area contributed by atoms with Gasteiger partial charge < -0.3 is 15.7 Å². The minimum absolute atomic E-state index is 0.163. The zero-order valence-electron chi connectivity index (χ0n) is 12.3. The summed E-state index contributed by atoms with van der Waals surface area (Å²) in [6.45, 7) is 3.65. The van der Waals surface area contributed by atoms with E-state index < -0.39 is 24.0 Å². The lowest BCUT2D eigenvalue weighted by atomic mass is 10.1. The third-order valence-electron chi connectivity index (χ3n) is 3.58. The number of allylic oxidation sites excluding steroid dienone is 1. The van der Waals surface area contributed by atoms with Crippen molar-refractivity contribution in [1.82, 2.24) is 10.6 Å². The molecule has 6 heteroatoms. The van der Waals surface area contributed by atoms with E-state index in [9.17, 15) is 14.4 Å². The number of carboxylic acid groups (broad SMARTS) is 1. The molecule has 2 atom stereocenters. The van der Waals surface area contributed by atoms with E-state index in [4.69, 9.17) is 5.11 Å². The minimum Gasteiger partial charge on any atom is -0.480 e. The number of aliphatic carboxylic acids is 1. The van der Waals surface area contributed by atoms with Gasteiger partial charge in [-0.3, -0.25) is 9.59 Å². The zero-order valence-corrected chi connectivity index (χ0v) is 12.3. The Kier molecular flexibility index (Phi) is 7.50. The van der Waals surface area contributed by atoms with Crippen molar-refractivity contribution in [1.29, 1.82) is 0 Å². The van der Waals surface area contributed by atoms with Crippen molar-refractivity contribution in [2.24, 2.45) is 0 Å². The van der Waals surface area contributed by atoms with Crippen molar-refractivity contribution in [3.05, 3.63) is 12.7 Å². The molecule has 0 saturated carbocycles. The van der Waals surface area contributed by atoms with Crippen LogP contribution < -0.4 is 10.6 Å². The molecule has 1 heterocycles. The van der Waals surface area contributed by atoms with Gasteiger partial charge in [0.25, 0.3) is 0 Å². The van der Waals surface area contributed by atoms with Crippen molar-refractivity contribution in [2.45, 2.75) is 63.5 Å². The smallest absolute Gasteiger partial charge is 0.326 e. The molecule has 118 valence electrons.